The van der Waals surface area contributed by atoms with Gasteiger partial charge in [-0.05, 0) is 24.3 Å². The zero-order chi connectivity index (χ0) is 20.1. The Kier molecular flexibility index (Phi) is 7.21. The number of thioether (sulfide) groups is 2. The second kappa shape index (κ2) is 9.63. The fraction of sp³-hybridized carbons (Fsp3) is 0.250. The third-order valence-corrected chi connectivity index (χ3v) is 7.07. The molecular weight excluding hydrogens is 444 g/mol. The molecule has 28 heavy (non-hydrogen) atoms. The monoisotopic (exact) mass is 459 g/mol. The number of nitrogens with zero attached hydrogens (tertiary/aromatic N) is 4. The molecule has 1 N–H and O–H groups in total. The van der Waals surface area contributed by atoms with Gasteiger partial charge in [-0.2, -0.15) is 8.78 Å². The van der Waals surface area contributed by atoms with Crippen LogP contribution in [0.15, 0.2) is 38.9 Å². The van der Waals surface area contributed by atoms with E-state index in [-0.39, 0.29) is 5.91 Å². The van der Waals surface area contributed by atoms with Gasteiger partial charge in [-0.3, -0.25) is 9.69 Å². The summed E-state index contributed by atoms with van der Waals surface area (Å²) in [7, 11) is 1.69. The van der Waals surface area contributed by atoms with Crippen LogP contribution in [0.5, 0.6) is 0 Å². The molecule has 0 unspecified atom stereocenters. The second-order valence-electron chi connectivity index (χ2n) is 5.39. The summed E-state index contributed by atoms with van der Waals surface area (Å²) in [5.74, 6) is -1.87. The summed E-state index contributed by atoms with van der Waals surface area (Å²) in [6, 6.07) is 6.71. The van der Waals surface area contributed by atoms with Gasteiger partial charge in [0.15, 0.2) is 9.47 Å². The molecule has 3 rings (SSSR count). The highest BCUT2D eigenvalue weighted by molar-refractivity contribution is 8.00. The minimum absolute atomic E-state index is 0.0609. The van der Waals surface area contributed by atoms with Crippen molar-refractivity contribution < 1.29 is 13.6 Å². The number of halogens is 2. The minimum atomic E-state index is -2.43. The van der Waals surface area contributed by atoms with E-state index in [1.807, 2.05) is 5.38 Å². The summed E-state index contributed by atoms with van der Waals surface area (Å²) in [5, 5.41) is 14.5. The molecule has 6 nitrogen and oxygen atoms in total. The minimum Gasteiger partial charge on any atom is -0.330 e. The number of hydrogen-bond donors (Lipinski definition) is 1. The molecule has 0 bridgehead atoms. The number of alkyl halides is 2. The fourth-order valence-electron chi connectivity index (χ4n) is 1.95. The molecule has 12 heteroatoms. The van der Waals surface area contributed by atoms with E-state index in [1.165, 1.54) is 46.3 Å². The van der Waals surface area contributed by atoms with Gasteiger partial charge < -0.3 is 5.32 Å². The lowest BCUT2D eigenvalue weighted by Crippen LogP contribution is -2.22. The average Bonchev–Trinajstić information content (AvgIpc) is 3.30. The van der Waals surface area contributed by atoms with E-state index in [4.69, 9.17) is 0 Å². The molecule has 0 spiro atoms. The summed E-state index contributed by atoms with van der Waals surface area (Å²) < 4.78 is 25.5. The maximum atomic E-state index is 12.3. The molecule has 0 aliphatic heterocycles. The number of carbonyl (C=O) groups is 1. The molecule has 0 aliphatic carbocycles. The Morgan fingerprint density at radius 1 is 1.29 bits per heavy atom. The second-order valence-corrected chi connectivity index (χ2v) is 9.49. The molecule has 2 aromatic heterocycles. The summed E-state index contributed by atoms with van der Waals surface area (Å²) in [6.07, 6.45) is 0. The van der Waals surface area contributed by atoms with E-state index in [0.29, 0.717) is 32.7 Å². The first-order valence-electron chi connectivity index (χ1n) is 7.87. The summed E-state index contributed by atoms with van der Waals surface area (Å²) in [4.78, 5) is 17.8. The molecule has 0 atom stereocenters. The van der Waals surface area contributed by atoms with Crippen LogP contribution in [0.4, 0.5) is 24.7 Å². The Labute approximate surface area is 176 Å². The van der Waals surface area contributed by atoms with Crippen molar-refractivity contribution in [2.24, 2.45) is 0 Å². The van der Waals surface area contributed by atoms with Crippen molar-refractivity contribution in [2.45, 2.75) is 27.7 Å². The van der Waals surface area contributed by atoms with Crippen LogP contribution in [0.3, 0.4) is 0 Å². The highest BCUT2D eigenvalue weighted by Gasteiger charge is 2.12. The maximum absolute atomic E-state index is 12.3. The molecule has 0 saturated carbocycles. The van der Waals surface area contributed by atoms with Gasteiger partial charge in [0.05, 0.1) is 5.69 Å². The van der Waals surface area contributed by atoms with Gasteiger partial charge in [-0.15, -0.1) is 21.5 Å². The number of hydrogen-bond acceptors (Lipinski definition) is 9. The van der Waals surface area contributed by atoms with Crippen molar-refractivity contribution in [1.29, 1.82) is 0 Å². The molecular formula is C16H15F2N5OS4. The first-order chi connectivity index (χ1) is 13.4. The fourth-order valence-corrected chi connectivity index (χ4v) is 5.05. The van der Waals surface area contributed by atoms with Crippen LogP contribution in [0.1, 0.15) is 12.6 Å². The van der Waals surface area contributed by atoms with Crippen LogP contribution in [0.2, 0.25) is 0 Å². The van der Waals surface area contributed by atoms with Crippen LogP contribution >= 0.6 is 46.2 Å². The molecule has 3 aromatic rings. The first-order valence-corrected chi connectivity index (χ1v) is 11.4. The third kappa shape index (κ3) is 5.87. The van der Waals surface area contributed by atoms with Crippen LogP contribution in [0, 0.1) is 0 Å². The molecule has 148 valence electrons. The molecule has 0 saturated heterocycles. The number of benzene rings is 1. The number of aromatic nitrogens is 3. The summed E-state index contributed by atoms with van der Waals surface area (Å²) >= 11 is 4.83. The van der Waals surface area contributed by atoms with Crippen LogP contribution in [0.25, 0.3) is 0 Å². The Bertz CT molecular complexity index is 931. The van der Waals surface area contributed by atoms with Crippen molar-refractivity contribution in [2.75, 3.05) is 17.3 Å². The van der Waals surface area contributed by atoms with E-state index in [2.05, 4.69) is 20.5 Å². The Morgan fingerprint density at radius 2 is 2.04 bits per heavy atom. The Hall–Kier alpha value is -1.76. The Balaban J connectivity index is 1.53. The molecule has 2 heterocycles. The van der Waals surface area contributed by atoms with Gasteiger partial charge in [-0.1, -0.05) is 34.9 Å². The normalized spacial score (nSPS) is 11.0. The van der Waals surface area contributed by atoms with Crippen molar-refractivity contribution in [3.63, 3.8) is 0 Å². The quantitative estimate of drug-likeness (QED) is 0.457. The first kappa shape index (κ1) is 21.0. The van der Waals surface area contributed by atoms with E-state index in [0.717, 1.165) is 15.7 Å². The SMILES string of the molecule is CC(=O)N(C)c1nc(CSc2nnc(Nc3ccc(SC(F)F)cc3)s2)cs1. The van der Waals surface area contributed by atoms with Crippen LogP contribution < -0.4 is 10.2 Å². The Morgan fingerprint density at radius 3 is 2.71 bits per heavy atom. The number of thiazole rings is 1. The van der Waals surface area contributed by atoms with Crippen molar-refractivity contribution in [3.8, 4) is 0 Å². The molecule has 0 fully saturated rings. The molecule has 0 aliphatic rings. The molecule has 1 aromatic carbocycles. The lowest BCUT2D eigenvalue weighted by Gasteiger charge is -2.09. The predicted molar refractivity (Wildman–Crippen MR) is 112 cm³/mol. The molecule has 1 amide bonds. The van der Waals surface area contributed by atoms with E-state index in [1.54, 1.807) is 31.3 Å². The smallest absolute Gasteiger partial charge is 0.288 e. The lowest BCUT2D eigenvalue weighted by molar-refractivity contribution is -0.116. The highest BCUT2D eigenvalue weighted by atomic mass is 32.2. The van der Waals surface area contributed by atoms with Gasteiger partial charge in [0.1, 0.15) is 0 Å². The van der Waals surface area contributed by atoms with Gasteiger partial charge >= 0.3 is 0 Å². The topological polar surface area (TPSA) is 71.0 Å². The number of nitrogens with one attached hydrogen (secondary N) is 1. The van der Waals surface area contributed by atoms with Crippen LogP contribution in [-0.4, -0.2) is 33.9 Å². The zero-order valence-corrected chi connectivity index (χ0v) is 18.0. The number of carbonyl (C=O) groups excluding carboxylic acids is 1. The summed E-state index contributed by atoms with van der Waals surface area (Å²) in [5.41, 5.74) is 1.62. The number of amides is 1. The zero-order valence-electron chi connectivity index (χ0n) is 14.8. The van der Waals surface area contributed by atoms with Crippen molar-refractivity contribution in [1.82, 2.24) is 15.2 Å². The predicted octanol–water partition coefficient (Wildman–Crippen LogP) is 5.33. The van der Waals surface area contributed by atoms with Gasteiger partial charge in [0, 0.05) is 35.7 Å². The summed E-state index contributed by atoms with van der Waals surface area (Å²) in [6.45, 7) is 1.50. The number of rotatable bonds is 8. The van der Waals surface area contributed by atoms with E-state index >= 15 is 0 Å². The van der Waals surface area contributed by atoms with E-state index < -0.39 is 5.76 Å². The van der Waals surface area contributed by atoms with Gasteiger partial charge in [-0.25, -0.2) is 4.98 Å². The van der Waals surface area contributed by atoms with Crippen LogP contribution in [-0.2, 0) is 10.5 Å². The lowest BCUT2D eigenvalue weighted by atomic mass is 10.3. The number of anilines is 3. The van der Waals surface area contributed by atoms with Gasteiger partial charge in [0.2, 0.25) is 11.0 Å². The maximum Gasteiger partial charge on any atom is 0.288 e. The van der Waals surface area contributed by atoms with Gasteiger partial charge in [0.25, 0.3) is 5.76 Å². The third-order valence-electron chi connectivity index (χ3n) is 3.38. The van der Waals surface area contributed by atoms with Crippen molar-refractivity contribution >= 4 is 68.1 Å². The highest BCUT2D eigenvalue weighted by Crippen LogP contribution is 2.32. The standard InChI is InChI=1S/C16H15F2N5OS4/c1-9(24)23(2)15-20-11(7-25-15)8-26-16-22-21-14(28-16)19-10-3-5-12(6-4-10)27-13(17)18/h3-7,13H,8H2,1-2H3,(H,19,21). The average molecular weight is 460 g/mol. The molecule has 0 radical (unpaired) electrons. The van der Waals surface area contributed by atoms with Crippen molar-refractivity contribution in [3.05, 3.63) is 35.3 Å². The largest absolute Gasteiger partial charge is 0.330 e. The van der Waals surface area contributed by atoms with E-state index in [9.17, 15) is 13.6 Å².